The lowest BCUT2D eigenvalue weighted by Crippen LogP contribution is -2.40. The van der Waals surface area contributed by atoms with Gasteiger partial charge in [0.15, 0.2) is 0 Å². The molecule has 0 spiro atoms. The molecular weight excluding hydrogens is 210 g/mol. The highest BCUT2D eigenvalue weighted by molar-refractivity contribution is 5.76. The molecule has 3 N–H and O–H groups in total. The number of hydrogen-bond acceptors (Lipinski definition) is 3. The number of amides is 1. The van der Waals surface area contributed by atoms with E-state index < -0.39 is 11.6 Å². The second kappa shape index (κ2) is 5.84. The summed E-state index contributed by atoms with van der Waals surface area (Å²) in [5.41, 5.74) is -0.734. The van der Waals surface area contributed by atoms with Gasteiger partial charge in [-0.2, -0.15) is 0 Å². The van der Waals surface area contributed by atoms with Crippen LogP contribution in [0.15, 0.2) is 0 Å². The van der Waals surface area contributed by atoms with E-state index in [4.69, 9.17) is 5.11 Å². The van der Waals surface area contributed by atoms with Crippen molar-refractivity contribution in [2.45, 2.75) is 50.5 Å². The number of carboxylic acids is 1. The van der Waals surface area contributed by atoms with Crippen molar-refractivity contribution in [1.82, 2.24) is 5.32 Å². The summed E-state index contributed by atoms with van der Waals surface area (Å²) in [5, 5.41) is 21.0. The SMILES string of the molecule is O=C(O)CCCC(=O)NCC1(O)CCCC1. The van der Waals surface area contributed by atoms with Gasteiger partial charge in [0.2, 0.25) is 5.91 Å². The molecule has 1 fully saturated rings. The van der Waals surface area contributed by atoms with Gasteiger partial charge in [-0.15, -0.1) is 0 Å². The molecule has 0 aliphatic heterocycles. The molecule has 0 unspecified atom stereocenters. The van der Waals surface area contributed by atoms with E-state index in [1.807, 2.05) is 0 Å². The smallest absolute Gasteiger partial charge is 0.303 e. The van der Waals surface area contributed by atoms with Crippen LogP contribution in [0.5, 0.6) is 0 Å². The third kappa shape index (κ3) is 4.61. The minimum absolute atomic E-state index is 0.0116. The Bertz CT molecular complexity index is 259. The topological polar surface area (TPSA) is 86.6 Å². The summed E-state index contributed by atoms with van der Waals surface area (Å²) in [6, 6.07) is 0. The monoisotopic (exact) mass is 229 g/mol. The molecule has 0 aromatic carbocycles. The molecule has 0 radical (unpaired) electrons. The molecule has 1 aliphatic rings. The van der Waals surface area contributed by atoms with Crippen LogP contribution in [0.3, 0.4) is 0 Å². The molecule has 0 saturated heterocycles. The van der Waals surface area contributed by atoms with E-state index >= 15 is 0 Å². The Morgan fingerprint density at radius 2 is 1.81 bits per heavy atom. The fourth-order valence-corrected chi connectivity index (χ4v) is 1.96. The summed E-state index contributed by atoms with van der Waals surface area (Å²) in [6.45, 7) is 0.291. The quantitative estimate of drug-likeness (QED) is 0.624. The van der Waals surface area contributed by atoms with E-state index in [1.165, 1.54) is 0 Å². The maximum absolute atomic E-state index is 11.3. The molecular formula is C11H19NO4. The van der Waals surface area contributed by atoms with Gasteiger partial charge in [-0.25, -0.2) is 0 Å². The molecule has 16 heavy (non-hydrogen) atoms. The van der Waals surface area contributed by atoms with E-state index in [0.717, 1.165) is 25.7 Å². The Kier molecular flexibility index (Phi) is 4.73. The number of carbonyl (C=O) groups is 2. The maximum Gasteiger partial charge on any atom is 0.303 e. The van der Waals surface area contributed by atoms with Gasteiger partial charge >= 0.3 is 5.97 Å². The van der Waals surface area contributed by atoms with Gasteiger partial charge in [0.25, 0.3) is 0 Å². The fraction of sp³-hybridized carbons (Fsp3) is 0.818. The second-order valence-electron chi connectivity index (χ2n) is 4.46. The number of carboxylic acid groups (broad SMARTS) is 1. The lowest BCUT2D eigenvalue weighted by Gasteiger charge is -2.22. The van der Waals surface area contributed by atoms with Crippen LogP contribution in [-0.4, -0.2) is 34.2 Å². The third-order valence-corrected chi connectivity index (χ3v) is 2.94. The molecule has 1 saturated carbocycles. The number of carbonyl (C=O) groups excluding carboxylic acids is 1. The molecule has 1 rings (SSSR count). The molecule has 0 atom stereocenters. The first-order valence-corrected chi connectivity index (χ1v) is 5.73. The van der Waals surface area contributed by atoms with E-state index in [0.29, 0.717) is 13.0 Å². The number of rotatable bonds is 6. The molecule has 1 aliphatic carbocycles. The zero-order valence-corrected chi connectivity index (χ0v) is 9.37. The third-order valence-electron chi connectivity index (χ3n) is 2.94. The average Bonchev–Trinajstić information content (AvgIpc) is 2.62. The van der Waals surface area contributed by atoms with Crippen molar-refractivity contribution in [2.75, 3.05) is 6.54 Å². The van der Waals surface area contributed by atoms with E-state index in [-0.39, 0.29) is 18.7 Å². The zero-order chi connectivity index (χ0) is 12.0. The van der Waals surface area contributed by atoms with Crippen LogP contribution in [0.1, 0.15) is 44.9 Å². The van der Waals surface area contributed by atoms with Gasteiger partial charge in [-0.05, 0) is 19.3 Å². The van der Waals surface area contributed by atoms with E-state index in [1.54, 1.807) is 0 Å². The fourth-order valence-electron chi connectivity index (χ4n) is 1.96. The first-order chi connectivity index (χ1) is 7.52. The predicted octanol–water partition coefficient (Wildman–Crippen LogP) is 0.663. The molecule has 5 heteroatoms. The lowest BCUT2D eigenvalue weighted by molar-refractivity contribution is -0.137. The summed E-state index contributed by atoms with van der Waals surface area (Å²) in [4.78, 5) is 21.5. The molecule has 0 bridgehead atoms. The van der Waals surface area contributed by atoms with Crippen LogP contribution in [0, 0.1) is 0 Å². The molecule has 1 amide bonds. The van der Waals surface area contributed by atoms with Crippen LogP contribution in [0.4, 0.5) is 0 Å². The van der Waals surface area contributed by atoms with Crippen LogP contribution in [0.2, 0.25) is 0 Å². The van der Waals surface area contributed by atoms with Gasteiger partial charge in [-0.3, -0.25) is 9.59 Å². The highest BCUT2D eigenvalue weighted by atomic mass is 16.4. The number of hydrogen-bond donors (Lipinski definition) is 3. The first-order valence-electron chi connectivity index (χ1n) is 5.73. The van der Waals surface area contributed by atoms with Crippen molar-refractivity contribution in [1.29, 1.82) is 0 Å². The number of nitrogens with one attached hydrogen (secondary N) is 1. The van der Waals surface area contributed by atoms with Crippen LogP contribution in [-0.2, 0) is 9.59 Å². The standard InChI is InChI=1S/C11H19NO4/c13-9(4-3-5-10(14)15)12-8-11(16)6-1-2-7-11/h16H,1-8H2,(H,12,13)(H,14,15). The van der Waals surface area contributed by atoms with Crippen molar-refractivity contribution in [3.05, 3.63) is 0 Å². The summed E-state index contributed by atoms with van der Waals surface area (Å²) < 4.78 is 0. The van der Waals surface area contributed by atoms with Crippen LogP contribution >= 0.6 is 0 Å². The van der Waals surface area contributed by atoms with Crippen molar-refractivity contribution < 1.29 is 19.8 Å². The second-order valence-corrected chi connectivity index (χ2v) is 4.46. The number of aliphatic hydroxyl groups is 1. The zero-order valence-electron chi connectivity index (χ0n) is 9.37. The molecule has 0 heterocycles. The minimum atomic E-state index is -0.887. The van der Waals surface area contributed by atoms with Crippen molar-refractivity contribution in [3.63, 3.8) is 0 Å². The van der Waals surface area contributed by atoms with Gasteiger partial charge in [0, 0.05) is 19.4 Å². The summed E-state index contributed by atoms with van der Waals surface area (Å²) >= 11 is 0. The van der Waals surface area contributed by atoms with Crippen molar-refractivity contribution >= 4 is 11.9 Å². The summed E-state index contributed by atoms with van der Waals surface area (Å²) in [6.07, 6.45) is 4.06. The minimum Gasteiger partial charge on any atom is -0.481 e. The Morgan fingerprint density at radius 1 is 1.19 bits per heavy atom. The molecule has 0 aromatic heterocycles. The van der Waals surface area contributed by atoms with E-state index in [9.17, 15) is 14.7 Å². The average molecular weight is 229 g/mol. The van der Waals surface area contributed by atoms with Crippen molar-refractivity contribution in [2.24, 2.45) is 0 Å². The Hall–Kier alpha value is -1.10. The predicted molar refractivity (Wildman–Crippen MR) is 57.9 cm³/mol. The molecule has 0 aromatic rings. The number of aliphatic carboxylic acids is 1. The maximum atomic E-state index is 11.3. The Labute approximate surface area is 94.8 Å². The summed E-state index contributed by atoms with van der Waals surface area (Å²) in [7, 11) is 0. The van der Waals surface area contributed by atoms with Gasteiger partial charge in [0.1, 0.15) is 0 Å². The highest BCUT2D eigenvalue weighted by Gasteiger charge is 2.31. The molecule has 92 valence electrons. The molecule has 5 nitrogen and oxygen atoms in total. The van der Waals surface area contributed by atoms with E-state index in [2.05, 4.69) is 5.32 Å². The Morgan fingerprint density at radius 3 is 2.38 bits per heavy atom. The van der Waals surface area contributed by atoms with Crippen LogP contribution < -0.4 is 5.32 Å². The Balaban J connectivity index is 2.12. The van der Waals surface area contributed by atoms with Gasteiger partial charge in [-0.1, -0.05) is 12.8 Å². The first kappa shape index (κ1) is 13.0. The van der Waals surface area contributed by atoms with Crippen LogP contribution in [0.25, 0.3) is 0 Å². The summed E-state index contributed by atoms with van der Waals surface area (Å²) in [5.74, 6) is -1.07. The normalized spacial score (nSPS) is 18.3. The van der Waals surface area contributed by atoms with Gasteiger partial charge < -0.3 is 15.5 Å². The largest absolute Gasteiger partial charge is 0.481 e. The lowest BCUT2D eigenvalue weighted by atomic mass is 10.0. The van der Waals surface area contributed by atoms with Gasteiger partial charge in [0.05, 0.1) is 5.60 Å². The highest BCUT2D eigenvalue weighted by Crippen LogP contribution is 2.28. The van der Waals surface area contributed by atoms with Crippen molar-refractivity contribution in [3.8, 4) is 0 Å².